The lowest BCUT2D eigenvalue weighted by atomic mass is 9.95. The van der Waals surface area contributed by atoms with Crippen molar-refractivity contribution in [2.24, 2.45) is 4.99 Å². The molecular formula is C26H27Cl2IN2O. The lowest BCUT2D eigenvalue weighted by Crippen LogP contribution is -2.26. The van der Waals surface area contributed by atoms with E-state index in [1.165, 1.54) is 5.56 Å². The van der Waals surface area contributed by atoms with Gasteiger partial charge in [0.15, 0.2) is 0 Å². The molecule has 32 heavy (non-hydrogen) atoms. The van der Waals surface area contributed by atoms with Crippen LogP contribution in [0.2, 0.25) is 10.0 Å². The topological polar surface area (TPSA) is 33.6 Å². The third-order valence-electron chi connectivity index (χ3n) is 5.39. The second kappa shape index (κ2) is 10.9. The van der Waals surface area contributed by atoms with Crippen LogP contribution in [-0.4, -0.2) is 11.9 Å². The van der Waals surface area contributed by atoms with Gasteiger partial charge in [-0.1, -0.05) is 60.5 Å². The third kappa shape index (κ3) is 5.59. The minimum Gasteiger partial charge on any atom is -0.490 e. The van der Waals surface area contributed by atoms with E-state index in [1.54, 1.807) is 0 Å². The Bertz CT molecular complexity index is 1080. The number of benzene rings is 3. The van der Waals surface area contributed by atoms with Gasteiger partial charge in [-0.3, -0.25) is 4.99 Å². The van der Waals surface area contributed by atoms with E-state index in [-0.39, 0.29) is 42.2 Å². The average Bonchev–Trinajstić information content (AvgIpc) is 3.19. The zero-order valence-corrected chi connectivity index (χ0v) is 22.2. The van der Waals surface area contributed by atoms with Gasteiger partial charge in [-0.2, -0.15) is 0 Å². The molecule has 3 aromatic carbocycles. The number of nitrogens with zero attached hydrogens (tertiary/aromatic N) is 1. The first-order valence-corrected chi connectivity index (χ1v) is 11.4. The number of halogens is 3. The van der Waals surface area contributed by atoms with E-state index >= 15 is 0 Å². The highest BCUT2D eigenvalue weighted by Gasteiger charge is 2.33. The monoisotopic (exact) mass is 580 g/mol. The standard InChI is InChI=1S/C26H26Cl2N2O.HI/c1-4-17-5-14-22(23(15-17)31-16(2)3)26-29-24(18-6-10-20(27)11-7-18)25(30-26)19-8-12-21(28)13-9-19;/h5-16,24-25H,4H2,1-3H3,(H,29,30);1H. The van der Waals surface area contributed by atoms with E-state index < -0.39 is 0 Å². The molecule has 0 aliphatic carbocycles. The molecule has 1 heterocycles. The summed E-state index contributed by atoms with van der Waals surface area (Å²) in [5.74, 6) is 1.69. The minimum atomic E-state index is -0.0915. The molecule has 0 fully saturated rings. The first-order valence-electron chi connectivity index (χ1n) is 10.6. The van der Waals surface area contributed by atoms with Crippen molar-refractivity contribution >= 4 is 53.0 Å². The Morgan fingerprint density at radius 1 is 0.906 bits per heavy atom. The molecule has 1 N–H and O–H groups in total. The number of rotatable bonds is 6. The van der Waals surface area contributed by atoms with E-state index in [1.807, 2.05) is 62.4 Å². The Morgan fingerprint density at radius 2 is 1.50 bits per heavy atom. The number of amidine groups is 1. The van der Waals surface area contributed by atoms with Gasteiger partial charge in [0.05, 0.1) is 17.7 Å². The molecule has 0 bridgehead atoms. The molecule has 168 valence electrons. The zero-order chi connectivity index (χ0) is 22.0. The molecule has 0 saturated carbocycles. The summed E-state index contributed by atoms with van der Waals surface area (Å²) in [4.78, 5) is 5.11. The highest BCUT2D eigenvalue weighted by molar-refractivity contribution is 14.0. The van der Waals surface area contributed by atoms with Gasteiger partial charge in [0, 0.05) is 10.0 Å². The molecule has 2 atom stereocenters. The van der Waals surface area contributed by atoms with Crippen LogP contribution in [0.4, 0.5) is 0 Å². The third-order valence-corrected chi connectivity index (χ3v) is 5.89. The van der Waals surface area contributed by atoms with Crippen molar-refractivity contribution < 1.29 is 4.74 Å². The molecule has 0 amide bonds. The van der Waals surface area contributed by atoms with E-state index in [9.17, 15) is 0 Å². The van der Waals surface area contributed by atoms with Gasteiger partial charge in [-0.15, -0.1) is 24.0 Å². The van der Waals surface area contributed by atoms with Gasteiger partial charge in [-0.05, 0) is 73.4 Å². The maximum Gasteiger partial charge on any atom is 0.133 e. The molecule has 0 aromatic heterocycles. The summed E-state index contributed by atoms with van der Waals surface area (Å²) in [7, 11) is 0. The highest BCUT2D eigenvalue weighted by Crippen LogP contribution is 2.39. The predicted molar refractivity (Wildman–Crippen MR) is 145 cm³/mol. The summed E-state index contributed by atoms with van der Waals surface area (Å²) in [6, 6.07) is 22.1. The minimum absolute atomic E-state index is 0. The lowest BCUT2D eigenvalue weighted by Gasteiger charge is -2.20. The summed E-state index contributed by atoms with van der Waals surface area (Å²) in [5.41, 5.74) is 4.44. The van der Waals surface area contributed by atoms with Crippen LogP contribution in [0, 0.1) is 0 Å². The second-order valence-electron chi connectivity index (χ2n) is 8.00. The molecule has 3 nitrogen and oxygen atoms in total. The molecule has 1 aliphatic heterocycles. The zero-order valence-electron chi connectivity index (χ0n) is 18.3. The van der Waals surface area contributed by atoms with E-state index in [4.69, 9.17) is 32.9 Å². The smallest absolute Gasteiger partial charge is 0.133 e. The molecule has 6 heteroatoms. The van der Waals surface area contributed by atoms with Crippen molar-refractivity contribution in [1.29, 1.82) is 0 Å². The van der Waals surface area contributed by atoms with E-state index in [0.29, 0.717) is 10.0 Å². The van der Waals surface area contributed by atoms with Crippen molar-refractivity contribution in [3.63, 3.8) is 0 Å². The molecular weight excluding hydrogens is 554 g/mol. The number of hydrogen-bond acceptors (Lipinski definition) is 3. The van der Waals surface area contributed by atoms with Gasteiger partial charge in [0.2, 0.25) is 0 Å². The number of ether oxygens (including phenoxy) is 1. The summed E-state index contributed by atoms with van der Waals surface area (Å²) in [6.07, 6.45) is 1.03. The Balaban J connectivity index is 0.00000289. The highest BCUT2D eigenvalue weighted by atomic mass is 127. The molecule has 4 rings (SSSR count). The van der Waals surface area contributed by atoms with Gasteiger partial charge < -0.3 is 10.1 Å². The van der Waals surface area contributed by atoms with Crippen molar-refractivity contribution in [3.05, 3.63) is 99.0 Å². The van der Waals surface area contributed by atoms with Crippen LogP contribution in [0.5, 0.6) is 5.75 Å². The van der Waals surface area contributed by atoms with Crippen LogP contribution >= 0.6 is 47.2 Å². The fourth-order valence-electron chi connectivity index (χ4n) is 3.82. The summed E-state index contributed by atoms with van der Waals surface area (Å²) < 4.78 is 6.16. The molecule has 0 saturated heterocycles. The Hall–Kier alpha value is -1.76. The van der Waals surface area contributed by atoms with Crippen LogP contribution in [0.3, 0.4) is 0 Å². The van der Waals surface area contributed by atoms with Crippen LogP contribution in [0.1, 0.15) is 55.1 Å². The Morgan fingerprint density at radius 3 is 2.06 bits per heavy atom. The summed E-state index contributed by atoms with van der Waals surface area (Å²) >= 11 is 12.3. The predicted octanol–water partition coefficient (Wildman–Crippen LogP) is 7.79. The van der Waals surface area contributed by atoms with Crippen LogP contribution in [0.25, 0.3) is 0 Å². The van der Waals surface area contributed by atoms with Gasteiger partial charge in [-0.25, -0.2) is 0 Å². The average molecular weight is 581 g/mol. The Labute approximate surface area is 217 Å². The summed E-state index contributed by atoms with van der Waals surface area (Å²) in [5, 5.41) is 5.08. The lowest BCUT2D eigenvalue weighted by molar-refractivity contribution is 0.241. The number of hydrogen-bond donors (Lipinski definition) is 1. The van der Waals surface area contributed by atoms with Crippen LogP contribution in [0.15, 0.2) is 71.7 Å². The van der Waals surface area contributed by atoms with Crippen molar-refractivity contribution in [2.45, 2.75) is 45.4 Å². The van der Waals surface area contributed by atoms with Crippen molar-refractivity contribution in [2.75, 3.05) is 0 Å². The largest absolute Gasteiger partial charge is 0.490 e. The fourth-order valence-corrected chi connectivity index (χ4v) is 4.07. The first-order chi connectivity index (χ1) is 14.9. The molecule has 0 spiro atoms. The van der Waals surface area contributed by atoms with Crippen molar-refractivity contribution in [3.8, 4) is 5.75 Å². The van der Waals surface area contributed by atoms with E-state index in [2.05, 4.69) is 30.4 Å². The second-order valence-corrected chi connectivity index (χ2v) is 8.87. The van der Waals surface area contributed by atoms with Crippen LogP contribution in [-0.2, 0) is 6.42 Å². The maximum absolute atomic E-state index is 6.16. The summed E-state index contributed by atoms with van der Waals surface area (Å²) in [6.45, 7) is 6.23. The van der Waals surface area contributed by atoms with E-state index in [0.717, 1.165) is 34.7 Å². The molecule has 2 unspecified atom stereocenters. The first kappa shape index (κ1) is 24.9. The molecule has 3 aromatic rings. The number of nitrogens with one attached hydrogen (secondary N) is 1. The number of aryl methyl sites for hydroxylation is 1. The normalized spacial score (nSPS) is 17.5. The maximum atomic E-state index is 6.16. The number of aliphatic imine (C=N–C) groups is 1. The van der Waals surface area contributed by atoms with Crippen molar-refractivity contribution in [1.82, 2.24) is 5.32 Å². The Kier molecular flexibility index (Phi) is 8.48. The fraction of sp³-hybridized carbons (Fsp3) is 0.269. The SMILES string of the molecule is CCc1ccc(C2=NC(c3ccc(Cl)cc3)C(c3ccc(Cl)cc3)N2)c(OC(C)C)c1.I. The molecule has 1 aliphatic rings. The quantitative estimate of drug-likeness (QED) is 0.302. The van der Waals surface area contributed by atoms with Gasteiger partial charge in [0.1, 0.15) is 17.6 Å². The van der Waals surface area contributed by atoms with Crippen LogP contribution < -0.4 is 10.1 Å². The van der Waals surface area contributed by atoms with Gasteiger partial charge in [0.25, 0.3) is 0 Å². The molecule has 0 radical (unpaired) electrons. The van der Waals surface area contributed by atoms with Gasteiger partial charge >= 0.3 is 0 Å².